The summed E-state index contributed by atoms with van der Waals surface area (Å²) in [6, 6.07) is 5.22. The second-order valence-corrected chi connectivity index (χ2v) is 8.68. The third kappa shape index (κ3) is 8.88. The van der Waals surface area contributed by atoms with Crippen LogP contribution in [0.25, 0.3) is 0 Å². The second-order valence-electron chi connectivity index (χ2n) is 7.36. The molecule has 1 unspecified atom stereocenters. The predicted octanol–water partition coefficient (Wildman–Crippen LogP) is 4.09. The monoisotopic (exact) mass is 441 g/mol. The number of ether oxygens (including phenoxy) is 1. The number of rotatable bonds is 14. The van der Waals surface area contributed by atoms with Gasteiger partial charge in [-0.15, -0.1) is 0 Å². The Morgan fingerprint density at radius 3 is 2.90 bits per heavy atom. The summed E-state index contributed by atoms with van der Waals surface area (Å²) >= 11 is 6.88. The molecule has 1 aliphatic carbocycles. The number of carbonyl (C=O) groups excluding carboxylic acids is 1. The Morgan fingerprint density at radius 2 is 2.21 bits per heavy atom. The molecule has 1 aliphatic rings. The van der Waals surface area contributed by atoms with E-state index >= 15 is 0 Å². The molecule has 5 nitrogen and oxygen atoms in total. The molecule has 29 heavy (non-hydrogen) atoms. The molecule has 1 aromatic carbocycles. The summed E-state index contributed by atoms with van der Waals surface area (Å²) < 4.78 is 23.0. The molecule has 1 saturated carbocycles. The molecule has 0 aliphatic heterocycles. The van der Waals surface area contributed by atoms with Gasteiger partial charge in [-0.2, -0.15) is 0 Å². The number of hydrogen-bond acceptors (Lipinski definition) is 5. The first-order chi connectivity index (χ1) is 14.0. The van der Waals surface area contributed by atoms with Gasteiger partial charge < -0.3 is 19.7 Å². The first kappa shape index (κ1) is 23.9. The van der Waals surface area contributed by atoms with E-state index in [2.05, 4.69) is 17.0 Å². The number of benzene rings is 1. The summed E-state index contributed by atoms with van der Waals surface area (Å²) in [4.78, 5) is 12.6. The summed E-state index contributed by atoms with van der Waals surface area (Å²) in [6.45, 7) is 3.80. The van der Waals surface area contributed by atoms with Crippen LogP contribution in [0.15, 0.2) is 18.2 Å². The average molecular weight is 442 g/mol. The highest BCUT2D eigenvalue weighted by Gasteiger charge is 2.22. The van der Waals surface area contributed by atoms with Crippen molar-refractivity contribution in [1.82, 2.24) is 14.9 Å². The minimum atomic E-state index is -0.296. The van der Waals surface area contributed by atoms with E-state index < -0.39 is 0 Å². The van der Waals surface area contributed by atoms with Crippen LogP contribution < -0.4 is 14.8 Å². The number of hydrogen-bond donors (Lipinski definition) is 2. The van der Waals surface area contributed by atoms with Crippen molar-refractivity contribution >= 4 is 35.6 Å². The lowest BCUT2D eigenvalue weighted by Crippen LogP contribution is -2.39. The first-order valence-electron chi connectivity index (χ1n) is 10.2. The van der Waals surface area contributed by atoms with E-state index in [1.807, 2.05) is 17.0 Å². The molecule has 1 atom stereocenters. The summed E-state index contributed by atoms with van der Waals surface area (Å²) in [5.41, 5.74) is 1.02. The molecule has 8 heteroatoms. The maximum Gasteiger partial charge on any atom is 0.169 e. The zero-order valence-electron chi connectivity index (χ0n) is 17.3. The van der Waals surface area contributed by atoms with E-state index in [1.165, 1.54) is 18.9 Å². The van der Waals surface area contributed by atoms with Crippen LogP contribution in [0.3, 0.4) is 0 Å². The summed E-state index contributed by atoms with van der Waals surface area (Å²) in [5, 5.41) is 3.53. The number of thiocarbonyl (C=S) groups is 1. The molecule has 0 heterocycles. The smallest absolute Gasteiger partial charge is 0.169 e. The molecule has 0 amide bonds. The molecule has 1 aromatic rings. The van der Waals surface area contributed by atoms with E-state index in [0.29, 0.717) is 29.9 Å². The van der Waals surface area contributed by atoms with E-state index in [9.17, 15) is 9.18 Å². The topological polar surface area (TPSA) is 53.6 Å². The van der Waals surface area contributed by atoms with Crippen molar-refractivity contribution in [3.05, 3.63) is 29.6 Å². The number of nitrogens with one attached hydrogen (secondary N) is 2. The largest absolute Gasteiger partial charge is 0.490 e. The SMILES string of the molecule is CNC(=S)N(CC=O)CCCCCSNC(C)c1ccc(F)c(OCC2CC2)c1. The van der Waals surface area contributed by atoms with Gasteiger partial charge in [0, 0.05) is 25.4 Å². The van der Waals surface area contributed by atoms with Gasteiger partial charge in [0.05, 0.1) is 13.2 Å². The molecule has 0 aromatic heterocycles. The Kier molecular flexibility index (Phi) is 10.7. The van der Waals surface area contributed by atoms with E-state index in [-0.39, 0.29) is 11.9 Å². The van der Waals surface area contributed by atoms with Crippen molar-refractivity contribution in [2.75, 3.05) is 32.5 Å². The third-order valence-corrected chi connectivity index (χ3v) is 6.33. The van der Waals surface area contributed by atoms with Crippen LogP contribution >= 0.6 is 24.2 Å². The lowest BCUT2D eigenvalue weighted by molar-refractivity contribution is -0.108. The molecule has 0 saturated heterocycles. The fourth-order valence-electron chi connectivity index (χ4n) is 2.82. The predicted molar refractivity (Wildman–Crippen MR) is 122 cm³/mol. The number of unbranched alkanes of at least 4 members (excludes halogenated alkanes) is 2. The van der Waals surface area contributed by atoms with Crippen molar-refractivity contribution in [1.29, 1.82) is 0 Å². The number of carbonyl (C=O) groups is 1. The van der Waals surface area contributed by atoms with Gasteiger partial charge in [0.15, 0.2) is 16.7 Å². The van der Waals surface area contributed by atoms with Crippen molar-refractivity contribution in [3.8, 4) is 5.75 Å². The maximum atomic E-state index is 13.9. The Morgan fingerprint density at radius 1 is 1.41 bits per heavy atom. The quantitative estimate of drug-likeness (QED) is 0.195. The molecular formula is C21H32FN3O2S2. The average Bonchev–Trinajstić information content (AvgIpc) is 3.55. The molecule has 1 fully saturated rings. The lowest BCUT2D eigenvalue weighted by Gasteiger charge is -2.22. The van der Waals surface area contributed by atoms with Crippen molar-refractivity contribution < 1.29 is 13.9 Å². The van der Waals surface area contributed by atoms with Crippen LogP contribution in [0, 0.1) is 11.7 Å². The van der Waals surface area contributed by atoms with Crippen molar-refractivity contribution in [3.63, 3.8) is 0 Å². The Bertz CT molecular complexity index is 659. The summed E-state index contributed by atoms with van der Waals surface area (Å²) in [5.74, 6) is 1.65. The van der Waals surface area contributed by atoms with Gasteiger partial charge in [0.25, 0.3) is 0 Å². The zero-order valence-corrected chi connectivity index (χ0v) is 18.9. The van der Waals surface area contributed by atoms with Gasteiger partial charge in [-0.1, -0.05) is 24.4 Å². The molecular weight excluding hydrogens is 409 g/mol. The van der Waals surface area contributed by atoms with Crippen LogP contribution in [0.2, 0.25) is 0 Å². The molecule has 2 N–H and O–H groups in total. The van der Waals surface area contributed by atoms with Crippen LogP contribution in [-0.2, 0) is 4.79 Å². The van der Waals surface area contributed by atoms with Gasteiger partial charge in [0.1, 0.15) is 6.29 Å². The minimum absolute atomic E-state index is 0.111. The standard InChI is InChI=1S/C21H32FN3O2S2/c1-16(18-8-9-19(22)20(14-18)27-15-17-6-7-17)24-29-13-5-3-4-10-25(11-12-26)21(28)23-2/h8-9,12,14,16-17,24H,3-7,10-11,13,15H2,1-2H3,(H,23,28). The Balaban J connectivity index is 1.62. The van der Waals surface area contributed by atoms with E-state index in [1.54, 1.807) is 19.0 Å². The highest BCUT2D eigenvalue weighted by atomic mass is 32.2. The van der Waals surface area contributed by atoms with Crippen molar-refractivity contribution in [2.24, 2.45) is 5.92 Å². The van der Waals surface area contributed by atoms with Crippen LogP contribution in [0.4, 0.5) is 4.39 Å². The van der Waals surface area contributed by atoms with Crippen molar-refractivity contribution in [2.45, 2.75) is 45.1 Å². The van der Waals surface area contributed by atoms with Gasteiger partial charge in [-0.3, -0.25) is 4.72 Å². The van der Waals surface area contributed by atoms with Gasteiger partial charge in [-0.05, 0) is 68.4 Å². The Hall–Kier alpha value is -1.38. The maximum absolute atomic E-state index is 13.9. The highest BCUT2D eigenvalue weighted by Crippen LogP contribution is 2.31. The minimum Gasteiger partial charge on any atom is -0.490 e. The fourth-order valence-corrected chi connectivity index (χ4v) is 3.84. The van der Waals surface area contributed by atoms with Gasteiger partial charge >= 0.3 is 0 Å². The van der Waals surface area contributed by atoms with Crippen LogP contribution in [-0.4, -0.2) is 48.8 Å². The van der Waals surface area contributed by atoms with Crippen LogP contribution in [0.5, 0.6) is 5.75 Å². The highest BCUT2D eigenvalue weighted by molar-refractivity contribution is 7.97. The second kappa shape index (κ2) is 13.0. The normalized spacial score (nSPS) is 14.3. The Labute approximate surface area is 183 Å². The molecule has 0 bridgehead atoms. The summed E-state index contributed by atoms with van der Waals surface area (Å²) in [7, 11) is 1.77. The zero-order chi connectivity index (χ0) is 21.1. The third-order valence-electron chi connectivity index (χ3n) is 4.86. The number of nitrogens with zero attached hydrogens (tertiary/aromatic N) is 1. The first-order valence-corrected chi connectivity index (χ1v) is 11.6. The molecule has 162 valence electrons. The molecule has 2 rings (SSSR count). The van der Waals surface area contributed by atoms with Gasteiger partial charge in [0.2, 0.25) is 0 Å². The molecule has 0 radical (unpaired) electrons. The summed E-state index contributed by atoms with van der Waals surface area (Å²) in [6.07, 6.45) is 6.39. The fraction of sp³-hybridized carbons (Fsp3) is 0.619. The number of aldehydes is 1. The number of halogens is 1. The van der Waals surface area contributed by atoms with E-state index in [4.69, 9.17) is 17.0 Å². The van der Waals surface area contributed by atoms with Gasteiger partial charge in [-0.25, -0.2) is 4.39 Å². The van der Waals surface area contributed by atoms with Crippen LogP contribution in [0.1, 0.15) is 50.6 Å². The molecule has 0 spiro atoms. The lowest BCUT2D eigenvalue weighted by atomic mass is 10.1. The van der Waals surface area contributed by atoms with E-state index in [0.717, 1.165) is 43.4 Å².